The number of quaternary nitrogens is 2. The third kappa shape index (κ3) is 15.6. The first-order valence-electron chi connectivity index (χ1n) is 4.93. The van der Waals surface area contributed by atoms with E-state index in [1.807, 2.05) is 42.3 Å². The van der Waals surface area contributed by atoms with Crippen LogP contribution < -0.4 is 30.1 Å². The maximum absolute atomic E-state index is 11.4. The Morgan fingerprint density at radius 3 is 1.18 bits per heavy atom. The average molecular weight is 288 g/mol. The average Bonchev–Trinajstić information content (AvgIpc) is 1.73. The van der Waals surface area contributed by atoms with E-state index in [0.29, 0.717) is 22.1 Å². The lowest BCUT2D eigenvalue weighted by atomic mass is 10.4. The molecule has 0 saturated heterocycles. The zero-order valence-electron chi connectivity index (χ0n) is 11.4. The van der Waals surface area contributed by atoms with Gasteiger partial charge in [0.05, 0.1) is 42.3 Å². The van der Waals surface area contributed by atoms with Gasteiger partial charge in [-0.2, -0.15) is 0 Å². The predicted octanol–water partition coefficient (Wildman–Crippen LogP) is -6.95. The second-order valence-corrected chi connectivity index (χ2v) is 5.87. The first kappa shape index (κ1) is 21.9. The van der Waals surface area contributed by atoms with Gasteiger partial charge in [0.2, 0.25) is 0 Å². The fourth-order valence-corrected chi connectivity index (χ4v) is 1.10. The summed E-state index contributed by atoms with van der Waals surface area (Å²) in [5.74, 6) is -0.443. The van der Waals surface area contributed by atoms with E-state index in [0.717, 1.165) is 0 Å². The second kappa shape index (κ2) is 7.87. The number of likely N-dealkylation sites (N-methyl/N-ethyl adjacent to an activating group) is 2. The van der Waals surface area contributed by atoms with Gasteiger partial charge in [0.15, 0.2) is 13.1 Å². The van der Waals surface area contributed by atoms with Crippen LogP contribution in [0.1, 0.15) is 0 Å². The van der Waals surface area contributed by atoms with E-state index >= 15 is 0 Å². The molecule has 0 radical (unpaired) electrons. The van der Waals surface area contributed by atoms with E-state index in [4.69, 9.17) is 0 Å². The molecular formula is C10H23Cl2N3O2. The van der Waals surface area contributed by atoms with Crippen molar-refractivity contribution in [2.45, 2.75) is 0 Å². The van der Waals surface area contributed by atoms with Crippen molar-refractivity contribution in [2.75, 3.05) is 55.4 Å². The fraction of sp³-hybridized carbons (Fsp3) is 0.800. The van der Waals surface area contributed by atoms with Crippen molar-refractivity contribution in [3.63, 3.8) is 0 Å². The van der Waals surface area contributed by atoms with E-state index in [2.05, 4.69) is 5.32 Å². The molecule has 0 rings (SSSR count). The largest absolute Gasteiger partial charge is 1.00 e. The Labute approximate surface area is 116 Å². The number of nitrogens with zero attached hydrogens (tertiary/aromatic N) is 2. The summed E-state index contributed by atoms with van der Waals surface area (Å²) < 4.78 is 1.03. The Bertz CT molecular complexity index is 231. The molecular weight excluding hydrogens is 265 g/mol. The summed E-state index contributed by atoms with van der Waals surface area (Å²) in [5, 5.41) is 2.38. The van der Waals surface area contributed by atoms with Crippen LogP contribution in [0.5, 0.6) is 0 Å². The Kier molecular flexibility index (Phi) is 10.1. The molecule has 5 nitrogen and oxygen atoms in total. The summed E-state index contributed by atoms with van der Waals surface area (Å²) >= 11 is 0. The van der Waals surface area contributed by atoms with Gasteiger partial charge in [0.1, 0.15) is 0 Å². The molecule has 2 amide bonds. The van der Waals surface area contributed by atoms with Crippen molar-refractivity contribution in [3.05, 3.63) is 0 Å². The number of nitrogens with one attached hydrogen (secondary N) is 1. The van der Waals surface area contributed by atoms with Crippen LogP contribution in [0, 0.1) is 0 Å². The molecule has 0 spiro atoms. The zero-order chi connectivity index (χ0) is 12.3. The SMILES string of the molecule is C[N+](C)(C)CC(=O)NC(=O)C[N+](C)(C)C.[Cl-].[Cl-]. The van der Waals surface area contributed by atoms with Crippen LogP contribution in [-0.4, -0.2) is 76.2 Å². The monoisotopic (exact) mass is 287 g/mol. The molecule has 0 aromatic carbocycles. The molecule has 0 saturated carbocycles. The molecule has 17 heavy (non-hydrogen) atoms. The first-order chi connectivity index (χ1) is 6.49. The molecule has 0 aromatic rings. The summed E-state index contributed by atoms with van der Waals surface area (Å²) in [4.78, 5) is 22.8. The summed E-state index contributed by atoms with van der Waals surface area (Å²) in [6, 6.07) is 0. The Hall–Kier alpha value is -0.360. The highest BCUT2D eigenvalue weighted by Gasteiger charge is 2.20. The molecule has 0 bridgehead atoms. The highest BCUT2D eigenvalue weighted by atomic mass is 35.5. The van der Waals surface area contributed by atoms with E-state index < -0.39 is 0 Å². The van der Waals surface area contributed by atoms with Crippen LogP contribution >= 0.6 is 0 Å². The number of carbonyl (C=O) groups is 2. The highest BCUT2D eigenvalue weighted by Crippen LogP contribution is 1.91. The number of rotatable bonds is 4. The van der Waals surface area contributed by atoms with Gasteiger partial charge in [0.25, 0.3) is 11.8 Å². The topological polar surface area (TPSA) is 46.2 Å². The number of carbonyl (C=O) groups excluding carboxylic acids is 2. The van der Waals surface area contributed by atoms with Gasteiger partial charge in [-0.3, -0.25) is 14.9 Å². The van der Waals surface area contributed by atoms with Crippen molar-refractivity contribution in [1.82, 2.24) is 5.32 Å². The molecule has 0 fully saturated rings. The van der Waals surface area contributed by atoms with Gasteiger partial charge in [-0.25, -0.2) is 0 Å². The standard InChI is InChI=1S/C10H22N3O2.2ClH/c1-12(2,3)7-9(14)11-10(15)8-13(4,5)6;;/h7-8H2,1-6H3;2*1H/q+1;;/p-1. The van der Waals surface area contributed by atoms with Crippen LogP contribution in [0.3, 0.4) is 0 Å². The molecule has 0 unspecified atom stereocenters. The zero-order valence-corrected chi connectivity index (χ0v) is 12.9. The van der Waals surface area contributed by atoms with E-state index in [1.54, 1.807) is 0 Å². The van der Waals surface area contributed by atoms with Crippen molar-refractivity contribution in [3.8, 4) is 0 Å². The summed E-state index contributed by atoms with van der Waals surface area (Å²) in [6.07, 6.45) is 0. The first-order valence-corrected chi connectivity index (χ1v) is 4.93. The Morgan fingerprint density at radius 2 is 1.00 bits per heavy atom. The van der Waals surface area contributed by atoms with Gasteiger partial charge in [-0.05, 0) is 0 Å². The maximum Gasteiger partial charge on any atom is 0.281 e. The van der Waals surface area contributed by atoms with Crippen molar-refractivity contribution in [1.29, 1.82) is 0 Å². The third-order valence-electron chi connectivity index (χ3n) is 1.51. The number of hydrogen-bond donors (Lipinski definition) is 1. The van der Waals surface area contributed by atoms with Gasteiger partial charge < -0.3 is 33.8 Å². The number of amides is 2. The molecule has 0 aliphatic carbocycles. The highest BCUT2D eigenvalue weighted by molar-refractivity contribution is 5.96. The molecule has 7 heteroatoms. The third-order valence-corrected chi connectivity index (χ3v) is 1.51. The van der Waals surface area contributed by atoms with Gasteiger partial charge in [0, 0.05) is 0 Å². The van der Waals surface area contributed by atoms with Gasteiger partial charge in [-0.1, -0.05) is 0 Å². The van der Waals surface area contributed by atoms with Crippen LogP contribution in [0.4, 0.5) is 0 Å². The number of hydrogen-bond acceptors (Lipinski definition) is 2. The molecule has 0 aliphatic rings. The van der Waals surface area contributed by atoms with Crippen LogP contribution in [-0.2, 0) is 9.59 Å². The molecule has 0 atom stereocenters. The van der Waals surface area contributed by atoms with Crippen LogP contribution in [0.15, 0.2) is 0 Å². The Morgan fingerprint density at radius 1 is 0.765 bits per heavy atom. The predicted molar refractivity (Wildman–Crippen MR) is 58.9 cm³/mol. The number of imide groups is 1. The lowest BCUT2D eigenvalue weighted by Gasteiger charge is -2.24. The van der Waals surface area contributed by atoms with Gasteiger partial charge >= 0.3 is 0 Å². The quantitative estimate of drug-likeness (QED) is 0.523. The molecule has 1 N–H and O–H groups in total. The summed E-state index contributed by atoms with van der Waals surface area (Å²) in [5.41, 5.74) is 0. The van der Waals surface area contributed by atoms with Crippen molar-refractivity contribution in [2.24, 2.45) is 0 Å². The van der Waals surface area contributed by atoms with Crippen LogP contribution in [0.25, 0.3) is 0 Å². The minimum atomic E-state index is -0.221. The summed E-state index contributed by atoms with van der Waals surface area (Å²) in [6.45, 7) is 0.617. The summed E-state index contributed by atoms with van der Waals surface area (Å²) in [7, 11) is 11.4. The fourth-order valence-electron chi connectivity index (χ4n) is 1.10. The van der Waals surface area contributed by atoms with E-state index in [-0.39, 0.29) is 36.6 Å². The lowest BCUT2D eigenvalue weighted by Crippen LogP contribution is -3.00. The molecule has 104 valence electrons. The lowest BCUT2D eigenvalue weighted by molar-refractivity contribution is -0.863. The normalized spacial score (nSPS) is 10.9. The Balaban J connectivity index is -0.000000980. The molecule has 0 heterocycles. The maximum atomic E-state index is 11.4. The van der Waals surface area contributed by atoms with Crippen LogP contribution in [0.2, 0.25) is 0 Å². The minimum absolute atomic E-state index is 0. The molecule has 0 aliphatic heterocycles. The molecule has 0 aromatic heterocycles. The van der Waals surface area contributed by atoms with Crippen molar-refractivity contribution < 1.29 is 43.4 Å². The van der Waals surface area contributed by atoms with E-state index in [9.17, 15) is 9.59 Å². The van der Waals surface area contributed by atoms with E-state index in [1.165, 1.54) is 0 Å². The second-order valence-electron chi connectivity index (χ2n) is 5.87. The van der Waals surface area contributed by atoms with Crippen molar-refractivity contribution >= 4 is 11.8 Å². The minimum Gasteiger partial charge on any atom is -1.00 e. The van der Waals surface area contributed by atoms with Gasteiger partial charge in [-0.15, -0.1) is 0 Å². The smallest absolute Gasteiger partial charge is 0.281 e. The number of halogens is 2.